The summed E-state index contributed by atoms with van der Waals surface area (Å²) in [6.45, 7) is 4.14. The molecule has 2 aromatic carbocycles. The molecular weight excluding hydrogens is 400 g/mol. The molecule has 0 saturated carbocycles. The summed E-state index contributed by atoms with van der Waals surface area (Å²) in [6.07, 6.45) is 5.84. The van der Waals surface area contributed by atoms with E-state index in [1.165, 1.54) is 5.56 Å². The van der Waals surface area contributed by atoms with E-state index in [-0.39, 0.29) is 5.91 Å². The maximum Gasteiger partial charge on any atom is 0.252 e. The Morgan fingerprint density at radius 2 is 1.88 bits per heavy atom. The minimum Gasteiger partial charge on any atom is -0.494 e. The van der Waals surface area contributed by atoms with Gasteiger partial charge in [0.25, 0.3) is 5.91 Å². The Morgan fingerprint density at radius 1 is 1.03 bits per heavy atom. The lowest BCUT2D eigenvalue weighted by Crippen LogP contribution is -2.26. The number of para-hydroxylation sites is 2. The highest BCUT2D eigenvalue weighted by atomic mass is 16.5. The summed E-state index contributed by atoms with van der Waals surface area (Å²) < 4.78 is 8.12. The zero-order chi connectivity index (χ0) is 22.2. The van der Waals surface area contributed by atoms with Crippen molar-refractivity contribution in [2.24, 2.45) is 0 Å². The van der Waals surface area contributed by atoms with Crippen molar-refractivity contribution in [3.8, 4) is 5.75 Å². The predicted octanol–water partition coefficient (Wildman–Crippen LogP) is 4.57. The molecule has 0 unspecified atom stereocenters. The van der Waals surface area contributed by atoms with Crippen LogP contribution in [0.4, 0.5) is 0 Å². The van der Waals surface area contributed by atoms with Gasteiger partial charge in [-0.25, -0.2) is 4.98 Å². The standard InChI is InChI=1S/C26H28N4O2/c1-20-10-12-22(13-11-20)32-18-5-4-17-30-24-9-3-2-8-23(24)29-25(30)14-16-28-26(31)21-7-6-15-27-19-21/h2-3,6-13,15,19H,4-5,14,16-18H2,1H3,(H,28,31). The quantitative estimate of drug-likeness (QED) is 0.376. The highest BCUT2D eigenvalue weighted by molar-refractivity contribution is 5.93. The number of nitrogens with one attached hydrogen (secondary N) is 1. The van der Waals surface area contributed by atoms with E-state index in [0.717, 1.165) is 42.0 Å². The number of carbonyl (C=O) groups excluding carboxylic acids is 1. The fourth-order valence-electron chi connectivity index (χ4n) is 3.65. The molecule has 0 spiro atoms. The van der Waals surface area contributed by atoms with E-state index in [4.69, 9.17) is 9.72 Å². The number of pyridine rings is 1. The Labute approximate surface area is 188 Å². The van der Waals surface area contributed by atoms with Gasteiger partial charge in [0.05, 0.1) is 23.2 Å². The molecule has 0 bridgehead atoms. The number of amides is 1. The lowest BCUT2D eigenvalue weighted by molar-refractivity contribution is 0.0953. The van der Waals surface area contributed by atoms with Crippen LogP contribution in [-0.4, -0.2) is 33.6 Å². The summed E-state index contributed by atoms with van der Waals surface area (Å²) >= 11 is 0. The Morgan fingerprint density at radius 3 is 2.69 bits per heavy atom. The van der Waals surface area contributed by atoms with Gasteiger partial charge >= 0.3 is 0 Å². The first-order chi connectivity index (χ1) is 15.7. The number of hydrogen-bond acceptors (Lipinski definition) is 4. The Bertz CT molecular complexity index is 1150. The van der Waals surface area contributed by atoms with Gasteiger partial charge in [0.2, 0.25) is 0 Å². The number of imidazole rings is 1. The van der Waals surface area contributed by atoms with E-state index in [1.54, 1.807) is 24.5 Å². The number of rotatable bonds is 10. The molecule has 2 aromatic heterocycles. The molecule has 2 heterocycles. The molecule has 164 valence electrons. The van der Waals surface area contributed by atoms with Crippen LogP contribution in [0.5, 0.6) is 5.75 Å². The third-order valence-electron chi connectivity index (χ3n) is 5.36. The zero-order valence-corrected chi connectivity index (χ0v) is 18.3. The van der Waals surface area contributed by atoms with E-state index in [9.17, 15) is 4.79 Å². The summed E-state index contributed by atoms with van der Waals surface area (Å²) in [5.74, 6) is 1.78. The first-order valence-corrected chi connectivity index (χ1v) is 11.0. The number of unbranched alkanes of at least 4 members (excludes halogenated alkanes) is 1. The van der Waals surface area contributed by atoms with E-state index >= 15 is 0 Å². The minimum absolute atomic E-state index is 0.117. The molecule has 4 rings (SSSR count). The largest absolute Gasteiger partial charge is 0.494 e. The van der Waals surface area contributed by atoms with E-state index < -0.39 is 0 Å². The maximum absolute atomic E-state index is 12.3. The molecule has 0 fully saturated rings. The van der Waals surface area contributed by atoms with Gasteiger partial charge in [0.15, 0.2) is 0 Å². The van der Waals surface area contributed by atoms with Crippen LogP contribution in [0.2, 0.25) is 0 Å². The monoisotopic (exact) mass is 428 g/mol. The van der Waals surface area contributed by atoms with Crippen LogP contribution in [-0.2, 0) is 13.0 Å². The first kappa shape index (κ1) is 21.6. The topological polar surface area (TPSA) is 69.0 Å². The first-order valence-electron chi connectivity index (χ1n) is 11.0. The molecule has 0 aliphatic rings. The number of nitrogens with zero attached hydrogens (tertiary/aromatic N) is 3. The number of aromatic nitrogens is 3. The molecule has 32 heavy (non-hydrogen) atoms. The van der Waals surface area contributed by atoms with Crippen molar-refractivity contribution in [1.82, 2.24) is 19.9 Å². The summed E-state index contributed by atoms with van der Waals surface area (Å²) in [5, 5.41) is 2.97. The third-order valence-corrected chi connectivity index (χ3v) is 5.36. The summed E-state index contributed by atoms with van der Waals surface area (Å²) in [4.78, 5) is 21.1. The number of aryl methyl sites for hydroxylation is 2. The molecule has 0 aliphatic heterocycles. The number of fused-ring (bicyclic) bond motifs is 1. The highest BCUT2D eigenvalue weighted by Crippen LogP contribution is 2.18. The van der Waals surface area contributed by atoms with Gasteiger partial charge in [-0.3, -0.25) is 9.78 Å². The van der Waals surface area contributed by atoms with Crippen LogP contribution >= 0.6 is 0 Å². The van der Waals surface area contributed by atoms with Crippen LogP contribution in [0.15, 0.2) is 73.1 Å². The van der Waals surface area contributed by atoms with Gasteiger partial charge in [-0.15, -0.1) is 0 Å². The second-order valence-electron chi connectivity index (χ2n) is 7.78. The van der Waals surface area contributed by atoms with Crippen molar-refractivity contribution in [3.63, 3.8) is 0 Å². The lowest BCUT2D eigenvalue weighted by atomic mass is 10.2. The predicted molar refractivity (Wildman–Crippen MR) is 126 cm³/mol. The number of hydrogen-bond donors (Lipinski definition) is 1. The van der Waals surface area contributed by atoms with Crippen molar-refractivity contribution >= 4 is 16.9 Å². The highest BCUT2D eigenvalue weighted by Gasteiger charge is 2.11. The minimum atomic E-state index is -0.117. The van der Waals surface area contributed by atoms with Gasteiger partial charge in [-0.05, 0) is 56.2 Å². The number of carbonyl (C=O) groups is 1. The van der Waals surface area contributed by atoms with Gasteiger partial charge in [0.1, 0.15) is 11.6 Å². The molecule has 0 aliphatic carbocycles. The maximum atomic E-state index is 12.3. The second-order valence-corrected chi connectivity index (χ2v) is 7.78. The molecule has 6 nitrogen and oxygen atoms in total. The van der Waals surface area contributed by atoms with Gasteiger partial charge < -0.3 is 14.6 Å². The molecule has 0 radical (unpaired) electrons. The molecule has 6 heteroatoms. The summed E-state index contributed by atoms with van der Waals surface area (Å²) in [6, 6.07) is 19.8. The third kappa shape index (κ3) is 5.52. The average molecular weight is 429 g/mol. The van der Waals surface area contributed by atoms with Crippen molar-refractivity contribution in [2.45, 2.75) is 32.7 Å². The average Bonchev–Trinajstić information content (AvgIpc) is 3.18. The molecule has 0 saturated heterocycles. The number of ether oxygens (including phenoxy) is 1. The zero-order valence-electron chi connectivity index (χ0n) is 18.3. The molecule has 0 atom stereocenters. The van der Waals surface area contributed by atoms with Crippen molar-refractivity contribution in [2.75, 3.05) is 13.2 Å². The van der Waals surface area contributed by atoms with Crippen molar-refractivity contribution < 1.29 is 9.53 Å². The number of benzene rings is 2. The molecular formula is C26H28N4O2. The Hall–Kier alpha value is -3.67. The van der Waals surface area contributed by atoms with E-state index in [0.29, 0.717) is 25.1 Å². The van der Waals surface area contributed by atoms with Gasteiger partial charge in [-0.1, -0.05) is 29.8 Å². The van der Waals surface area contributed by atoms with Gasteiger partial charge in [-0.2, -0.15) is 0 Å². The molecule has 1 N–H and O–H groups in total. The lowest BCUT2D eigenvalue weighted by Gasteiger charge is -2.11. The van der Waals surface area contributed by atoms with E-state index in [2.05, 4.69) is 40.0 Å². The second kappa shape index (κ2) is 10.6. The van der Waals surface area contributed by atoms with Gasteiger partial charge in [0, 0.05) is 31.9 Å². The van der Waals surface area contributed by atoms with Crippen molar-refractivity contribution in [1.29, 1.82) is 0 Å². The van der Waals surface area contributed by atoms with Crippen LogP contribution in [0.3, 0.4) is 0 Å². The Balaban J connectivity index is 1.32. The summed E-state index contributed by atoms with van der Waals surface area (Å²) in [5.41, 5.74) is 3.90. The SMILES string of the molecule is Cc1ccc(OCCCCn2c(CCNC(=O)c3cccnc3)nc3ccccc32)cc1. The normalized spacial score (nSPS) is 10.9. The van der Waals surface area contributed by atoms with Crippen LogP contribution in [0.25, 0.3) is 11.0 Å². The fourth-order valence-corrected chi connectivity index (χ4v) is 3.65. The van der Waals surface area contributed by atoms with Crippen LogP contribution < -0.4 is 10.1 Å². The smallest absolute Gasteiger partial charge is 0.252 e. The van der Waals surface area contributed by atoms with Crippen LogP contribution in [0.1, 0.15) is 34.6 Å². The van der Waals surface area contributed by atoms with E-state index in [1.807, 2.05) is 30.3 Å². The summed E-state index contributed by atoms with van der Waals surface area (Å²) in [7, 11) is 0. The Kier molecular flexibility index (Phi) is 7.12. The molecule has 1 amide bonds. The van der Waals surface area contributed by atoms with Crippen molar-refractivity contribution in [3.05, 3.63) is 90.0 Å². The molecule has 4 aromatic rings. The van der Waals surface area contributed by atoms with Crippen LogP contribution in [0, 0.1) is 6.92 Å². The fraction of sp³-hybridized carbons (Fsp3) is 0.269.